The molecule has 0 saturated carbocycles. The summed E-state index contributed by atoms with van der Waals surface area (Å²) in [7, 11) is -3.31. The zero-order valence-corrected chi connectivity index (χ0v) is 15.1. The molecule has 0 radical (unpaired) electrons. The van der Waals surface area contributed by atoms with E-state index in [2.05, 4.69) is 0 Å². The summed E-state index contributed by atoms with van der Waals surface area (Å²) in [6.07, 6.45) is -0.498. The Morgan fingerprint density at radius 1 is 0.846 bits per heavy atom. The fourth-order valence-corrected chi connectivity index (χ4v) is 4.91. The minimum Gasteiger partial charge on any atom is -0.314 e. The van der Waals surface area contributed by atoms with Gasteiger partial charge in [0, 0.05) is 22.7 Å². The van der Waals surface area contributed by atoms with Crippen molar-refractivity contribution in [2.24, 2.45) is 0 Å². The molecular weight excluding hydrogens is 349 g/mol. The van der Waals surface area contributed by atoms with E-state index in [1.807, 2.05) is 36.4 Å². The van der Waals surface area contributed by atoms with Crippen LogP contribution in [0.2, 0.25) is 0 Å². The van der Waals surface area contributed by atoms with Crippen molar-refractivity contribution in [1.29, 1.82) is 0 Å². The highest BCUT2D eigenvalue weighted by Crippen LogP contribution is 2.48. The summed E-state index contributed by atoms with van der Waals surface area (Å²) in [4.78, 5) is 10.4. The number of nitrogens with zero attached hydrogens (tertiary/aromatic N) is 1. The number of nitro benzene ring substituents is 1. The van der Waals surface area contributed by atoms with Crippen molar-refractivity contribution in [1.82, 2.24) is 0 Å². The molecule has 0 aromatic heterocycles. The number of hydrogen-bond donors (Lipinski definition) is 0. The highest BCUT2D eigenvalue weighted by molar-refractivity contribution is 7.74. The van der Waals surface area contributed by atoms with Crippen LogP contribution in [-0.2, 0) is 9.09 Å². The summed E-state index contributed by atoms with van der Waals surface area (Å²) in [6, 6.07) is 24.3. The predicted octanol–water partition coefficient (Wildman–Crippen LogP) is 4.60. The second kappa shape index (κ2) is 7.65. The van der Waals surface area contributed by atoms with Gasteiger partial charge in [-0.25, -0.2) is 0 Å². The third-order valence-electron chi connectivity index (χ3n) is 4.07. The average molecular weight is 367 g/mol. The Balaban J connectivity index is 1.96. The van der Waals surface area contributed by atoms with Gasteiger partial charge in [0.15, 0.2) is 0 Å². The Kier molecular flexibility index (Phi) is 5.31. The van der Waals surface area contributed by atoms with Crippen LogP contribution in [0.15, 0.2) is 84.9 Å². The Hall–Kier alpha value is -2.75. The molecule has 0 aliphatic heterocycles. The van der Waals surface area contributed by atoms with Crippen molar-refractivity contribution in [3.05, 3.63) is 101 Å². The van der Waals surface area contributed by atoms with Crippen molar-refractivity contribution in [2.75, 3.05) is 0 Å². The van der Waals surface area contributed by atoms with E-state index in [0.717, 1.165) is 5.56 Å². The van der Waals surface area contributed by atoms with E-state index >= 15 is 0 Å². The molecule has 0 aliphatic carbocycles. The number of nitro groups is 1. The average Bonchev–Trinajstić information content (AvgIpc) is 2.69. The molecule has 26 heavy (non-hydrogen) atoms. The molecule has 0 N–H and O–H groups in total. The van der Waals surface area contributed by atoms with Crippen LogP contribution in [0.4, 0.5) is 5.69 Å². The molecule has 6 heteroatoms. The van der Waals surface area contributed by atoms with Gasteiger partial charge >= 0.3 is 0 Å². The quantitative estimate of drug-likeness (QED) is 0.363. The molecule has 0 bridgehead atoms. The molecule has 3 aromatic carbocycles. The van der Waals surface area contributed by atoms with Crippen LogP contribution >= 0.6 is 7.37 Å². The molecule has 0 aliphatic rings. The van der Waals surface area contributed by atoms with E-state index in [-0.39, 0.29) is 5.69 Å². The lowest BCUT2D eigenvalue weighted by Gasteiger charge is -2.24. The minimum atomic E-state index is -3.31. The van der Waals surface area contributed by atoms with E-state index in [0.29, 0.717) is 10.6 Å². The lowest BCUT2D eigenvalue weighted by atomic mass is 10.1. The zero-order chi connectivity index (χ0) is 18.6. The maximum Gasteiger partial charge on any atom is 0.269 e. The lowest BCUT2D eigenvalue weighted by Crippen LogP contribution is -2.19. The largest absolute Gasteiger partial charge is 0.314 e. The van der Waals surface area contributed by atoms with Gasteiger partial charge in [0.25, 0.3) is 13.1 Å². The van der Waals surface area contributed by atoms with Crippen molar-refractivity contribution < 1.29 is 14.0 Å². The molecule has 3 aromatic rings. The SMILES string of the molecule is CC(OP(=O)(c1ccccc1)c1ccccc1)c1ccc([N+](=O)[O-])cc1. The Labute approximate surface area is 151 Å². The van der Waals surface area contributed by atoms with E-state index in [9.17, 15) is 14.7 Å². The molecule has 0 amide bonds. The maximum atomic E-state index is 13.8. The molecule has 0 saturated heterocycles. The smallest absolute Gasteiger partial charge is 0.269 e. The predicted molar refractivity (Wildman–Crippen MR) is 102 cm³/mol. The Morgan fingerprint density at radius 2 is 1.31 bits per heavy atom. The van der Waals surface area contributed by atoms with E-state index in [1.54, 1.807) is 43.3 Å². The number of benzene rings is 3. The van der Waals surface area contributed by atoms with Gasteiger partial charge in [-0.05, 0) is 48.9 Å². The second-order valence-corrected chi connectivity index (χ2v) is 8.17. The van der Waals surface area contributed by atoms with Gasteiger partial charge in [-0.15, -0.1) is 0 Å². The number of non-ortho nitro benzene ring substituents is 1. The molecule has 0 fully saturated rings. The third kappa shape index (κ3) is 3.74. The van der Waals surface area contributed by atoms with Gasteiger partial charge in [0.2, 0.25) is 0 Å². The molecule has 3 rings (SSSR count). The summed E-state index contributed by atoms with van der Waals surface area (Å²) >= 11 is 0. The normalized spacial score (nSPS) is 12.5. The zero-order valence-electron chi connectivity index (χ0n) is 14.2. The topological polar surface area (TPSA) is 69.4 Å². The first-order valence-corrected chi connectivity index (χ1v) is 9.77. The summed E-state index contributed by atoms with van der Waals surface area (Å²) in [5.41, 5.74) is 0.734. The summed E-state index contributed by atoms with van der Waals surface area (Å²) in [5.74, 6) is 0. The first-order chi connectivity index (χ1) is 12.5. The first kappa shape index (κ1) is 18.1. The van der Waals surface area contributed by atoms with Crippen LogP contribution in [-0.4, -0.2) is 4.92 Å². The second-order valence-electron chi connectivity index (χ2n) is 5.82. The standard InChI is InChI=1S/C20H18NO4P/c1-16(17-12-14-18(15-13-17)21(22)23)25-26(24,19-8-4-2-5-9-19)20-10-6-3-7-11-20/h2-16H,1H3. The molecule has 1 atom stereocenters. The lowest BCUT2D eigenvalue weighted by molar-refractivity contribution is -0.384. The monoisotopic (exact) mass is 367 g/mol. The third-order valence-corrected chi connectivity index (χ3v) is 6.64. The van der Waals surface area contributed by atoms with E-state index in [4.69, 9.17) is 4.52 Å². The molecule has 132 valence electrons. The summed E-state index contributed by atoms with van der Waals surface area (Å²) in [5, 5.41) is 12.0. The van der Waals surface area contributed by atoms with Gasteiger partial charge in [0.1, 0.15) is 0 Å². The van der Waals surface area contributed by atoms with Gasteiger partial charge in [-0.2, -0.15) is 0 Å². The van der Waals surface area contributed by atoms with Crippen LogP contribution in [0.1, 0.15) is 18.6 Å². The molecule has 0 heterocycles. The molecule has 1 unspecified atom stereocenters. The summed E-state index contributed by atoms with van der Waals surface area (Å²) < 4.78 is 19.9. The van der Waals surface area contributed by atoms with Crippen LogP contribution in [0.3, 0.4) is 0 Å². The molecule has 0 spiro atoms. The van der Waals surface area contributed by atoms with Gasteiger partial charge in [-0.1, -0.05) is 36.4 Å². The maximum absolute atomic E-state index is 13.8. The van der Waals surface area contributed by atoms with Crippen molar-refractivity contribution in [3.63, 3.8) is 0 Å². The highest BCUT2D eigenvalue weighted by atomic mass is 31.2. The van der Waals surface area contributed by atoms with Crippen LogP contribution in [0.5, 0.6) is 0 Å². The number of hydrogen-bond acceptors (Lipinski definition) is 4. The van der Waals surface area contributed by atoms with Gasteiger partial charge in [0.05, 0.1) is 11.0 Å². The Morgan fingerprint density at radius 3 is 1.73 bits per heavy atom. The van der Waals surface area contributed by atoms with Crippen LogP contribution in [0.25, 0.3) is 0 Å². The van der Waals surface area contributed by atoms with Crippen LogP contribution < -0.4 is 10.6 Å². The summed E-state index contributed by atoms with van der Waals surface area (Å²) in [6.45, 7) is 1.79. The fourth-order valence-electron chi connectivity index (χ4n) is 2.67. The first-order valence-electron chi connectivity index (χ1n) is 8.15. The van der Waals surface area contributed by atoms with E-state index in [1.165, 1.54) is 12.1 Å². The van der Waals surface area contributed by atoms with Crippen molar-refractivity contribution in [3.8, 4) is 0 Å². The van der Waals surface area contributed by atoms with Crippen LogP contribution in [0, 0.1) is 10.1 Å². The van der Waals surface area contributed by atoms with Gasteiger partial charge in [-0.3, -0.25) is 14.7 Å². The van der Waals surface area contributed by atoms with E-state index < -0.39 is 18.4 Å². The Bertz CT molecular complexity index is 884. The van der Waals surface area contributed by atoms with Crippen molar-refractivity contribution in [2.45, 2.75) is 13.0 Å². The van der Waals surface area contributed by atoms with Gasteiger partial charge < -0.3 is 4.52 Å². The minimum absolute atomic E-state index is 0.00949. The number of rotatable bonds is 6. The molecular formula is C20H18NO4P. The highest BCUT2D eigenvalue weighted by Gasteiger charge is 2.31. The van der Waals surface area contributed by atoms with Crippen molar-refractivity contribution >= 4 is 23.7 Å². The fraction of sp³-hybridized carbons (Fsp3) is 0.100. The molecule has 5 nitrogen and oxygen atoms in total.